The predicted octanol–water partition coefficient (Wildman–Crippen LogP) is 3.00. The third-order valence-electron chi connectivity index (χ3n) is 9.04. The Hall–Kier alpha value is -4.93. The maximum atomic E-state index is 14.3. The summed E-state index contributed by atoms with van der Waals surface area (Å²) in [5.41, 5.74) is -2.38. The number of alkyl carbamates (subject to hydrolysis) is 1. The zero-order valence-electron chi connectivity index (χ0n) is 30.2. The second-order valence-corrected chi connectivity index (χ2v) is 17.5. The summed E-state index contributed by atoms with van der Waals surface area (Å²) in [5.74, 6) is -2.88. The number of rotatable bonds is 11. The van der Waals surface area contributed by atoms with E-state index in [-0.39, 0.29) is 19.4 Å². The molecule has 0 spiro atoms. The van der Waals surface area contributed by atoms with Gasteiger partial charge in [0.1, 0.15) is 29.3 Å². The van der Waals surface area contributed by atoms with Crippen molar-refractivity contribution in [3.8, 4) is 5.69 Å². The maximum Gasteiger partial charge on any atom is 0.412 e. The van der Waals surface area contributed by atoms with Gasteiger partial charge in [0.25, 0.3) is 5.91 Å². The van der Waals surface area contributed by atoms with Crippen molar-refractivity contribution in [2.45, 2.75) is 102 Å². The first-order chi connectivity index (χ1) is 24.2. The second-order valence-electron chi connectivity index (χ2n) is 15.5. The number of ether oxygens (including phenoxy) is 2. The molecule has 17 heteroatoms. The molecule has 5 amide bonds. The molecule has 2 aliphatic carbocycles. The van der Waals surface area contributed by atoms with E-state index in [0.717, 1.165) is 0 Å². The van der Waals surface area contributed by atoms with E-state index in [0.29, 0.717) is 24.2 Å². The summed E-state index contributed by atoms with van der Waals surface area (Å²) in [5, 5.41) is 11.6. The summed E-state index contributed by atoms with van der Waals surface area (Å²) in [6.45, 7) is 13.7. The lowest BCUT2D eigenvalue weighted by Crippen LogP contribution is -2.60. The second kappa shape index (κ2) is 14.2. The molecule has 5 rings (SSSR count). The number of benzene rings is 1. The molecule has 1 unspecified atom stereocenters. The SMILES string of the molecule is C=CC1C[C@]1(NC(=O)[C@@H]1C[C@@H](OC(=O)Nc2ccccc2-n2cccn2)CN1C(=O)[C@@H](NC(=O)OC(C)(C)C)C(C)(C)C)C(=O)NS(=O)(=O)C1CC1. The summed E-state index contributed by atoms with van der Waals surface area (Å²) in [6, 6.07) is 6.18. The number of carbonyl (C=O) groups excluding carboxylic acids is 5. The van der Waals surface area contributed by atoms with E-state index < -0.39 is 85.8 Å². The Morgan fingerprint density at radius 2 is 1.73 bits per heavy atom. The van der Waals surface area contributed by atoms with Gasteiger partial charge in [0.05, 0.1) is 23.2 Å². The lowest BCUT2D eigenvalue weighted by Gasteiger charge is -2.36. The Labute approximate surface area is 303 Å². The normalized spacial score (nSPS) is 23.5. The summed E-state index contributed by atoms with van der Waals surface area (Å²) < 4.78 is 40.1. The summed E-state index contributed by atoms with van der Waals surface area (Å²) in [4.78, 5) is 69.2. The highest BCUT2D eigenvalue weighted by Gasteiger charge is 2.62. The molecule has 0 radical (unpaired) electrons. The average Bonchev–Trinajstić information content (AvgIpc) is 3.91. The number of anilines is 1. The number of hydrogen-bond donors (Lipinski definition) is 4. The van der Waals surface area contributed by atoms with Crippen LogP contribution in [-0.2, 0) is 33.9 Å². The van der Waals surface area contributed by atoms with Gasteiger partial charge in [0, 0.05) is 24.7 Å². The first-order valence-electron chi connectivity index (χ1n) is 17.1. The van der Waals surface area contributed by atoms with Crippen molar-refractivity contribution < 1.29 is 41.9 Å². The van der Waals surface area contributed by atoms with E-state index in [1.807, 2.05) is 0 Å². The topological polar surface area (TPSA) is 207 Å². The van der Waals surface area contributed by atoms with Crippen LogP contribution in [0.2, 0.25) is 0 Å². The van der Waals surface area contributed by atoms with E-state index in [4.69, 9.17) is 9.47 Å². The number of sulfonamides is 1. The number of carbonyl (C=O) groups is 5. The molecule has 2 heterocycles. The first-order valence-corrected chi connectivity index (χ1v) is 18.7. The van der Waals surface area contributed by atoms with Gasteiger partial charge >= 0.3 is 12.2 Å². The fourth-order valence-electron chi connectivity index (χ4n) is 6.12. The highest BCUT2D eigenvalue weighted by atomic mass is 32.2. The summed E-state index contributed by atoms with van der Waals surface area (Å²) in [7, 11) is -3.93. The van der Waals surface area contributed by atoms with Crippen LogP contribution in [0.4, 0.5) is 15.3 Å². The molecule has 2 aromatic rings. The number of nitrogens with one attached hydrogen (secondary N) is 4. The Balaban J connectivity index is 1.39. The van der Waals surface area contributed by atoms with E-state index in [1.165, 1.54) is 11.0 Å². The van der Waals surface area contributed by atoms with Crippen LogP contribution in [0.3, 0.4) is 0 Å². The van der Waals surface area contributed by atoms with Gasteiger partial charge in [-0.05, 0) is 63.6 Å². The van der Waals surface area contributed by atoms with E-state index in [2.05, 4.69) is 32.4 Å². The fraction of sp³-hybridized carbons (Fsp3) is 0.543. The lowest BCUT2D eigenvalue weighted by molar-refractivity contribution is -0.143. The number of para-hydroxylation sites is 2. The Morgan fingerprint density at radius 3 is 2.31 bits per heavy atom. The van der Waals surface area contributed by atoms with Crippen molar-refractivity contribution in [3.05, 3.63) is 55.4 Å². The van der Waals surface area contributed by atoms with Crippen molar-refractivity contribution in [3.63, 3.8) is 0 Å². The van der Waals surface area contributed by atoms with Crippen LogP contribution in [-0.4, -0.2) is 94.1 Å². The molecule has 52 heavy (non-hydrogen) atoms. The van der Waals surface area contributed by atoms with Crippen LogP contribution in [0.25, 0.3) is 5.69 Å². The van der Waals surface area contributed by atoms with Crippen molar-refractivity contribution in [1.82, 2.24) is 30.0 Å². The van der Waals surface area contributed by atoms with Crippen LogP contribution in [0, 0.1) is 11.3 Å². The Morgan fingerprint density at radius 1 is 1.04 bits per heavy atom. The molecular weight excluding hydrogens is 694 g/mol. The van der Waals surface area contributed by atoms with Gasteiger partial charge in [-0.15, -0.1) is 6.58 Å². The van der Waals surface area contributed by atoms with Gasteiger partial charge in [-0.25, -0.2) is 22.7 Å². The monoisotopic (exact) mass is 741 g/mol. The van der Waals surface area contributed by atoms with Crippen molar-refractivity contribution >= 4 is 45.6 Å². The highest BCUT2D eigenvalue weighted by Crippen LogP contribution is 2.45. The summed E-state index contributed by atoms with van der Waals surface area (Å²) >= 11 is 0. The molecule has 1 aliphatic heterocycles. The minimum Gasteiger partial charge on any atom is -0.444 e. The molecule has 1 aromatic carbocycles. The Kier molecular flexibility index (Phi) is 10.5. The van der Waals surface area contributed by atoms with Gasteiger partial charge in [0.2, 0.25) is 21.8 Å². The number of hydrogen-bond acceptors (Lipinski definition) is 10. The third-order valence-corrected chi connectivity index (χ3v) is 10.9. The smallest absolute Gasteiger partial charge is 0.412 e. The maximum absolute atomic E-state index is 14.3. The van der Waals surface area contributed by atoms with Crippen LogP contribution >= 0.6 is 0 Å². The molecule has 3 aliphatic rings. The average molecular weight is 742 g/mol. The largest absolute Gasteiger partial charge is 0.444 e. The minimum atomic E-state index is -3.93. The minimum absolute atomic E-state index is 0.0950. The van der Waals surface area contributed by atoms with Crippen LogP contribution in [0.5, 0.6) is 0 Å². The molecule has 0 bridgehead atoms. The molecule has 5 atom stereocenters. The molecule has 4 N–H and O–H groups in total. The van der Waals surface area contributed by atoms with E-state index in [1.54, 1.807) is 88.9 Å². The number of amides is 5. The standard InChI is InChI=1S/C35H47N7O9S/c1-8-21-19-35(21,30(45)40-52(48,49)23-14-15-23)39-28(43)26-18-22(50-31(46)37-24-12-9-10-13-25(24)42-17-11-16-36-42)20-41(26)29(44)27(33(2,3)4)38-32(47)51-34(5,6)7/h8-13,16-17,21-23,26-27H,1,14-15,18-20H2,2-7H3,(H,37,46)(H,38,47)(H,39,43)(H,40,45)/t21?,22-,26+,27-,35-/m1/s1. The number of nitrogens with zero attached hydrogens (tertiary/aromatic N) is 3. The van der Waals surface area contributed by atoms with Crippen molar-refractivity contribution in [1.29, 1.82) is 0 Å². The van der Waals surface area contributed by atoms with Crippen LogP contribution in [0.1, 0.15) is 67.2 Å². The van der Waals surface area contributed by atoms with Gasteiger partial charge in [0.15, 0.2) is 0 Å². The van der Waals surface area contributed by atoms with Crippen molar-refractivity contribution in [2.24, 2.45) is 11.3 Å². The van der Waals surface area contributed by atoms with Crippen LogP contribution < -0.4 is 20.7 Å². The van der Waals surface area contributed by atoms with Gasteiger partial charge in [-0.3, -0.25) is 24.4 Å². The quantitative estimate of drug-likeness (QED) is 0.248. The summed E-state index contributed by atoms with van der Waals surface area (Å²) in [6.07, 6.45) is 2.86. The third kappa shape index (κ3) is 8.74. The molecule has 1 saturated heterocycles. The molecule has 3 fully saturated rings. The Bertz CT molecular complexity index is 1830. The lowest BCUT2D eigenvalue weighted by atomic mass is 9.85. The van der Waals surface area contributed by atoms with E-state index in [9.17, 15) is 32.4 Å². The zero-order chi connectivity index (χ0) is 38.2. The van der Waals surface area contributed by atoms with Gasteiger partial charge in [-0.1, -0.05) is 39.0 Å². The van der Waals surface area contributed by atoms with Gasteiger partial charge in [-0.2, -0.15) is 5.10 Å². The molecule has 16 nitrogen and oxygen atoms in total. The molecular formula is C35H47N7O9S. The highest BCUT2D eigenvalue weighted by molar-refractivity contribution is 7.91. The first kappa shape index (κ1) is 38.3. The van der Waals surface area contributed by atoms with Gasteiger partial charge < -0.3 is 25.0 Å². The molecule has 2 saturated carbocycles. The molecule has 1 aromatic heterocycles. The molecule has 282 valence electrons. The van der Waals surface area contributed by atoms with E-state index >= 15 is 0 Å². The van der Waals surface area contributed by atoms with Crippen molar-refractivity contribution in [2.75, 3.05) is 11.9 Å². The van der Waals surface area contributed by atoms with Crippen LogP contribution in [0.15, 0.2) is 55.4 Å². The number of likely N-dealkylation sites (tertiary alicyclic amines) is 1. The predicted molar refractivity (Wildman–Crippen MR) is 189 cm³/mol. The zero-order valence-corrected chi connectivity index (χ0v) is 31.0. The fourth-order valence-corrected chi connectivity index (χ4v) is 7.48. The number of aromatic nitrogens is 2.